The predicted octanol–water partition coefficient (Wildman–Crippen LogP) is 2.85. The molecule has 1 N–H and O–H groups in total. The Labute approximate surface area is 149 Å². The molecular formula is C19H26N2O3S. The Morgan fingerprint density at radius 3 is 2.76 bits per heavy atom. The van der Waals surface area contributed by atoms with Crippen LogP contribution in [0.2, 0.25) is 0 Å². The van der Waals surface area contributed by atoms with Gasteiger partial charge in [0.1, 0.15) is 0 Å². The topological polar surface area (TPSA) is 68.2 Å². The Morgan fingerprint density at radius 1 is 1.32 bits per heavy atom. The number of benzene rings is 1. The molecule has 1 saturated heterocycles. The predicted molar refractivity (Wildman–Crippen MR) is 100 cm³/mol. The summed E-state index contributed by atoms with van der Waals surface area (Å²) in [6, 6.07) is 8.54. The number of carbonyl (C=O) groups excluding carboxylic acids is 1. The van der Waals surface area contributed by atoms with Gasteiger partial charge in [0, 0.05) is 35.6 Å². The molecule has 1 aromatic carbocycles. The molecule has 0 radical (unpaired) electrons. The molecule has 0 unspecified atom stereocenters. The lowest BCUT2D eigenvalue weighted by atomic mass is 10.1. The third-order valence-electron chi connectivity index (χ3n) is 4.83. The Bertz CT molecular complexity index is 868. The van der Waals surface area contributed by atoms with Crippen LogP contribution in [0.1, 0.15) is 44.7 Å². The average Bonchev–Trinajstić information content (AvgIpc) is 3.08. The standard InChI is InChI=1S/C19H26N2O3S/c1-14(2)21-12-15(17-7-3-4-8-18(17)21)6-5-9-19(22)20-16-10-11-25(23,24)13-16/h3-4,7-8,12,14,16H,5-6,9-11,13H2,1-2H3,(H,20,22)/t16-/m1/s1. The van der Waals surface area contributed by atoms with Gasteiger partial charge in [0.15, 0.2) is 9.84 Å². The van der Waals surface area contributed by atoms with Gasteiger partial charge in [-0.05, 0) is 44.7 Å². The summed E-state index contributed by atoms with van der Waals surface area (Å²) in [4.78, 5) is 12.1. The van der Waals surface area contributed by atoms with E-state index in [4.69, 9.17) is 0 Å². The van der Waals surface area contributed by atoms with E-state index in [1.165, 1.54) is 16.5 Å². The number of fused-ring (bicyclic) bond motifs is 1. The normalized spacial score (nSPS) is 19.6. The van der Waals surface area contributed by atoms with Gasteiger partial charge in [0.05, 0.1) is 11.5 Å². The van der Waals surface area contributed by atoms with E-state index < -0.39 is 9.84 Å². The van der Waals surface area contributed by atoms with Crippen LogP contribution in [0.3, 0.4) is 0 Å². The quantitative estimate of drug-likeness (QED) is 0.859. The zero-order valence-electron chi connectivity index (χ0n) is 14.9. The van der Waals surface area contributed by atoms with Crippen molar-refractivity contribution in [2.24, 2.45) is 0 Å². The molecule has 0 aliphatic carbocycles. The maximum Gasteiger partial charge on any atom is 0.220 e. The fourth-order valence-electron chi connectivity index (χ4n) is 3.55. The van der Waals surface area contributed by atoms with Crippen molar-refractivity contribution in [2.45, 2.75) is 51.6 Å². The summed E-state index contributed by atoms with van der Waals surface area (Å²) >= 11 is 0. The molecule has 3 rings (SSSR count). The van der Waals surface area contributed by atoms with E-state index in [0.29, 0.717) is 18.9 Å². The molecule has 1 amide bonds. The van der Waals surface area contributed by atoms with Crippen molar-refractivity contribution in [3.63, 3.8) is 0 Å². The number of carbonyl (C=O) groups is 1. The summed E-state index contributed by atoms with van der Waals surface area (Å²) in [6.07, 6.45) is 4.76. The van der Waals surface area contributed by atoms with E-state index in [9.17, 15) is 13.2 Å². The Kier molecular flexibility index (Phi) is 5.18. The van der Waals surface area contributed by atoms with E-state index in [-0.39, 0.29) is 23.5 Å². The second kappa shape index (κ2) is 7.20. The molecule has 1 aliphatic heterocycles. The Balaban J connectivity index is 1.57. The van der Waals surface area contributed by atoms with Gasteiger partial charge in [-0.15, -0.1) is 0 Å². The van der Waals surface area contributed by atoms with E-state index in [1.807, 2.05) is 12.1 Å². The molecule has 1 aromatic heterocycles. The first-order valence-corrected chi connectivity index (χ1v) is 10.8. The minimum Gasteiger partial charge on any atom is -0.352 e. The molecule has 0 bridgehead atoms. The van der Waals surface area contributed by atoms with Crippen LogP contribution in [0.25, 0.3) is 10.9 Å². The SMILES string of the molecule is CC(C)n1cc(CCCC(=O)N[C@@H]2CCS(=O)(=O)C2)c2ccccc21. The maximum atomic E-state index is 12.1. The molecule has 0 spiro atoms. The highest BCUT2D eigenvalue weighted by Crippen LogP contribution is 2.25. The van der Waals surface area contributed by atoms with Crippen molar-refractivity contribution in [1.29, 1.82) is 0 Å². The Hall–Kier alpha value is -1.82. The van der Waals surface area contributed by atoms with E-state index in [1.54, 1.807) is 0 Å². The van der Waals surface area contributed by atoms with Gasteiger partial charge < -0.3 is 9.88 Å². The molecule has 1 fully saturated rings. The van der Waals surface area contributed by atoms with E-state index >= 15 is 0 Å². The molecule has 1 aliphatic rings. The first-order valence-electron chi connectivity index (χ1n) is 8.94. The number of nitrogens with one attached hydrogen (secondary N) is 1. The molecular weight excluding hydrogens is 336 g/mol. The van der Waals surface area contributed by atoms with Crippen molar-refractivity contribution >= 4 is 26.6 Å². The summed E-state index contributed by atoms with van der Waals surface area (Å²) < 4.78 is 25.2. The first-order chi connectivity index (χ1) is 11.9. The van der Waals surface area contributed by atoms with Gasteiger partial charge in [0.25, 0.3) is 0 Å². The minimum atomic E-state index is -2.95. The van der Waals surface area contributed by atoms with Crippen molar-refractivity contribution in [3.8, 4) is 0 Å². The van der Waals surface area contributed by atoms with Crippen LogP contribution in [0.4, 0.5) is 0 Å². The van der Waals surface area contributed by atoms with Crippen molar-refractivity contribution in [2.75, 3.05) is 11.5 Å². The van der Waals surface area contributed by atoms with Crippen LogP contribution in [-0.4, -0.2) is 36.4 Å². The van der Waals surface area contributed by atoms with Gasteiger partial charge in [-0.1, -0.05) is 18.2 Å². The van der Waals surface area contributed by atoms with Gasteiger partial charge >= 0.3 is 0 Å². The van der Waals surface area contributed by atoms with Gasteiger partial charge in [0.2, 0.25) is 5.91 Å². The van der Waals surface area contributed by atoms with Crippen LogP contribution in [0.5, 0.6) is 0 Å². The average molecular weight is 362 g/mol. The Morgan fingerprint density at radius 2 is 2.08 bits per heavy atom. The maximum absolute atomic E-state index is 12.1. The lowest BCUT2D eigenvalue weighted by molar-refractivity contribution is -0.121. The monoisotopic (exact) mass is 362 g/mol. The van der Waals surface area contributed by atoms with Crippen molar-refractivity contribution in [3.05, 3.63) is 36.0 Å². The van der Waals surface area contributed by atoms with Crippen LogP contribution >= 0.6 is 0 Å². The second-order valence-corrected chi connectivity index (χ2v) is 9.42. The highest BCUT2D eigenvalue weighted by Gasteiger charge is 2.28. The fraction of sp³-hybridized carbons (Fsp3) is 0.526. The second-order valence-electron chi connectivity index (χ2n) is 7.19. The number of para-hydroxylation sites is 1. The smallest absolute Gasteiger partial charge is 0.220 e. The summed E-state index contributed by atoms with van der Waals surface area (Å²) in [5.41, 5.74) is 2.49. The summed E-state index contributed by atoms with van der Waals surface area (Å²) in [7, 11) is -2.95. The number of amides is 1. The molecule has 136 valence electrons. The number of nitrogens with zero attached hydrogens (tertiary/aromatic N) is 1. The molecule has 6 heteroatoms. The number of hydrogen-bond acceptors (Lipinski definition) is 3. The van der Waals surface area contributed by atoms with Gasteiger partial charge in [-0.25, -0.2) is 8.42 Å². The summed E-state index contributed by atoms with van der Waals surface area (Å²) in [5.74, 6) is 0.225. The van der Waals surface area contributed by atoms with E-state index in [0.717, 1.165) is 12.8 Å². The molecule has 1 atom stereocenters. The van der Waals surface area contributed by atoms with Crippen LogP contribution in [0, 0.1) is 0 Å². The molecule has 5 nitrogen and oxygen atoms in total. The van der Waals surface area contributed by atoms with E-state index in [2.05, 4.69) is 42.1 Å². The van der Waals surface area contributed by atoms with Crippen LogP contribution in [0.15, 0.2) is 30.5 Å². The number of aromatic nitrogens is 1. The fourth-order valence-corrected chi connectivity index (χ4v) is 5.23. The van der Waals surface area contributed by atoms with Gasteiger partial charge in [-0.2, -0.15) is 0 Å². The van der Waals surface area contributed by atoms with Gasteiger partial charge in [-0.3, -0.25) is 4.79 Å². The summed E-state index contributed by atoms with van der Waals surface area (Å²) in [5, 5.41) is 4.11. The number of hydrogen-bond donors (Lipinski definition) is 1. The molecule has 2 aromatic rings. The zero-order valence-corrected chi connectivity index (χ0v) is 15.7. The highest BCUT2D eigenvalue weighted by molar-refractivity contribution is 7.91. The van der Waals surface area contributed by atoms with Crippen LogP contribution in [-0.2, 0) is 21.1 Å². The highest BCUT2D eigenvalue weighted by atomic mass is 32.2. The third kappa shape index (κ3) is 4.24. The van der Waals surface area contributed by atoms with Crippen molar-refractivity contribution < 1.29 is 13.2 Å². The number of aryl methyl sites for hydroxylation is 1. The summed E-state index contributed by atoms with van der Waals surface area (Å²) in [6.45, 7) is 4.33. The number of rotatable bonds is 6. The lowest BCUT2D eigenvalue weighted by Gasteiger charge is -2.10. The first kappa shape index (κ1) is 18.0. The molecule has 2 heterocycles. The number of sulfone groups is 1. The van der Waals surface area contributed by atoms with Crippen LogP contribution < -0.4 is 5.32 Å². The minimum absolute atomic E-state index is 0.0466. The molecule has 0 saturated carbocycles. The molecule has 25 heavy (non-hydrogen) atoms. The lowest BCUT2D eigenvalue weighted by Crippen LogP contribution is -2.35. The third-order valence-corrected chi connectivity index (χ3v) is 6.59. The largest absolute Gasteiger partial charge is 0.352 e. The van der Waals surface area contributed by atoms with Crippen molar-refractivity contribution in [1.82, 2.24) is 9.88 Å². The zero-order chi connectivity index (χ0) is 18.0.